The second kappa shape index (κ2) is 9.55. The summed E-state index contributed by atoms with van der Waals surface area (Å²) in [7, 11) is 4.04. The van der Waals surface area contributed by atoms with Gasteiger partial charge in [-0.15, -0.1) is 0 Å². The molecule has 1 aromatic carbocycles. The molecule has 0 spiro atoms. The normalized spacial score (nSPS) is 15.0. The third-order valence-corrected chi connectivity index (χ3v) is 5.21. The smallest absolute Gasteiger partial charge is 0.289 e. The molecule has 0 unspecified atom stereocenters. The Balaban J connectivity index is 1.60. The number of amides is 2. The second-order valence-corrected chi connectivity index (χ2v) is 7.59. The molecule has 1 fully saturated rings. The number of hydrogen-bond donors (Lipinski definition) is 0. The van der Waals surface area contributed by atoms with Crippen molar-refractivity contribution in [3.63, 3.8) is 0 Å². The predicted molar refractivity (Wildman–Crippen MR) is 108 cm³/mol. The highest BCUT2D eigenvalue weighted by molar-refractivity contribution is 5.91. The van der Waals surface area contributed by atoms with E-state index in [2.05, 4.69) is 17.0 Å². The Morgan fingerprint density at radius 2 is 1.75 bits per heavy atom. The Hall–Kier alpha value is -2.60. The van der Waals surface area contributed by atoms with Crippen LogP contribution in [0.2, 0.25) is 0 Å². The molecule has 0 saturated carbocycles. The molecule has 3 rings (SSSR count). The summed E-state index contributed by atoms with van der Waals surface area (Å²) in [6.07, 6.45) is 2.90. The molecular formula is C22H29N3O3. The summed E-state index contributed by atoms with van der Waals surface area (Å²) in [6, 6.07) is 13.5. The van der Waals surface area contributed by atoms with E-state index < -0.39 is 0 Å². The topological polar surface area (TPSA) is 57.0 Å². The van der Waals surface area contributed by atoms with Crippen LogP contribution in [-0.2, 0) is 11.3 Å². The maximum absolute atomic E-state index is 13.2. The lowest BCUT2D eigenvalue weighted by Crippen LogP contribution is -2.45. The predicted octanol–water partition coefficient (Wildman–Crippen LogP) is 2.72. The van der Waals surface area contributed by atoms with Gasteiger partial charge in [-0.2, -0.15) is 0 Å². The number of likely N-dealkylation sites (N-methyl/N-ethyl adjacent to an activating group) is 1. The molecule has 0 radical (unpaired) electrons. The summed E-state index contributed by atoms with van der Waals surface area (Å²) in [6.45, 7) is 3.32. The largest absolute Gasteiger partial charge is 0.459 e. The van der Waals surface area contributed by atoms with E-state index >= 15 is 0 Å². The van der Waals surface area contributed by atoms with E-state index in [9.17, 15) is 9.59 Å². The van der Waals surface area contributed by atoms with Crippen LogP contribution in [0, 0.1) is 5.92 Å². The first kappa shape index (κ1) is 20.1. The van der Waals surface area contributed by atoms with Crippen molar-refractivity contribution in [2.45, 2.75) is 19.4 Å². The zero-order chi connectivity index (χ0) is 19.9. The maximum Gasteiger partial charge on any atom is 0.289 e. The van der Waals surface area contributed by atoms with Crippen LogP contribution in [0.4, 0.5) is 0 Å². The van der Waals surface area contributed by atoms with Crippen molar-refractivity contribution < 1.29 is 14.0 Å². The Morgan fingerprint density at radius 1 is 1.04 bits per heavy atom. The van der Waals surface area contributed by atoms with Gasteiger partial charge >= 0.3 is 0 Å². The molecular weight excluding hydrogens is 354 g/mol. The number of carbonyl (C=O) groups excluding carboxylic acids is 2. The maximum atomic E-state index is 13.2. The molecule has 0 N–H and O–H groups in total. The molecule has 6 nitrogen and oxygen atoms in total. The Labute approximate surface area is 166 Å². The molecule has 0 bridgehead atoms. The van der Waals surface area contributed by atoms with E-state index in [-0.39, 0.29) is 17.7 Å². The van der Waals surface area contributed by atoms with Gasteiger partial charge in [-0.3, -0.25) is 9.59 Å². The van der Waals surface area contributed by atoms with Crippen molar-refractivity contribution in [3.05, 3.63) is 60.1 Å². The highest BCUT2D eigenvalue weighted by Gasteiger charge is 2.31. The number of rotatable bonds is 7. The van der Waals surface area contributed by atoms with Crippen molar-refractivity contribution in [3.8, 4) is 0 Å². The van der Waals surface area contributed by atoms with E-state index in [0.717, 1.165) is 12.1 Å². The Kier molecular flexibility index (Phi) is 6.87. The first-order valence-corrected chi connectivity index (χ1v) is 9.85. The lowest BCUT2D eigenvalue weighted by molar-refractivity contribution is -0.137. The van der Waals surface area contributed by atoms with Gasteiger partial charge in [-0.1, -0.05) is 30.3 Å². The van der Waals surface area contributed by atoms with E-state index in [0.29, 0.717) is 44.8 Å². The third kappa shape index (κ3) is 5.23. The van der Waals surface area contributed by atoms with Gasteiger partial charge in [-0.05, 0) is 44.6 Å². The van der Waals surface area contributed by atoms with Crippen LogP contribution in [0.25, 0.3) is 0 Å². The minimum absolute atomic E-state index is 0.0356. The van der Waals surface area contributed by atoms with Crippen LogP contribution in [0.15, 0.2) is 53.1 Å². The van der Waals surface area contributed by atoms with Crippen LogP contribution >= 0.6 is 0 Å². The van der Waals surface area contributed by atoms with Gasteiger partial charge in [0, 0.05) is 38.6 Å². The van der Waals surface area contributed by atoms with E-state index in [1.807, 2.05) is 37.2 Å². The quantitative estimate of drug-likeness (QED) is 0.738. The van der Waals surface area contributed by atoms with Gasteiger partial charge in [-0.25, -0.2) is 0 Å². The van der Waals surface area contributed by atoms with Crippen molar-refractivity contribution in [1.82, 2.24) is 14.7 Å². The van der Waals surface area contributed by atoms with E-state index in [1.165, 1.54) is 6.26 Å². The number of likely N-dealkylation sites (tertiary alicyclic amines) is 1. The number of furan rings is 1. The summed E-state index contributed by atoms with van der Waals surface area (Å²) in [5, 5.41) is 0. The number of piperidine rings is 1. The summed E-state index contributed by atoms with van der Waals surface area (Å²) in [4.78, 5) is 31.5. The zero-order valence-corrected chi connectivity index (χ0v) is 16.7. The van der Waals surface area contributed by atoms with Gasteiger partial charge in [0.15, 0.2) is 5.76 Å². The average Bonchev–Trinajstić information content (AvgIpc) is 3.25. The van der Waals surface area contributed by atoms with Gasteiger partial charge in [0.2, 0.25) is 5.91 Å². The number of nitrogens with zero attached hydrogens (tertiary/aromatic N) is 3. The molecule has 1 saturated heterocycles. The van der Waals surface area contributed by atoms with Crippen molar-refractivity contribution >= 4 is 11.8 Å². The van der Waals surface area contributed by atoms with Gasteiger partial charge in [0.25, 0.3) is 5.91 Å². The minimum atomic E-state index is -0.0929. The lowest BCUT2D eigenvalue weighted by atomic mass is 9.94. The summed E-state index contributed by atoms with van der Waals surface area (Å²) >= 11 is 0. The van der Waals surface area contributed by atoms with E-state index in [1.54, 1.807) is 17.0 Å². The average molecular weight is 383 g/mol. The first-order chi connectivity index (χ1) is 13.5. The number of carbonyl (C=O) groups is 2. The fraction of sp³-hybridized carbons (Fsp3) is 0.455. The van der Waals surface area contributed by atoms with Crippen molar-refractivity contribution in [2.75, 3.05) is 40.3 Å². The third-order valence-electron chi connectivity index (χ3n) is 5.21. The van der Waals surface area contributed by atoms with Crippen LogP contribution in [0.1, 0.15) is 29.0 Å². The van der Waals surface area contributed by atoms with Crippen molar-refractivity contribution in [2.24, 2.45) is 5.92 Å². The molecule has 0 aliphatic carbocycles. The Morgan fingerprint density at radius 3 is 2.36 bits per heavy atom. The molecule has 1 aliphatic rings. The molecule has 2 heterocycles. The SMILES string of the molecule is CN(C)CCN(Cc1ccccc1)C(=O)C1CCN(C(=O)c2ccco2)CC1. The standard InChI is InChI=1S/C22H29N3O3/c1-23(2)14-15-25(17-18-7-4-3-5-8-18)21(26)19-10-12-24(13-11-19)22(27)20-9-6-16-28-20/h3-9,16,19H,10-15,17H2,1-2H3. The monoisotopic (exact) mass is 383 g/mol. The molecule has 1 aromatic heterocycles. The van der Waals surface area contributed by atoms with Crippen molar-refractivity contribution in [1.29, 1.82) is 0 Å². The van der Waals surface area contributed by atoms with Gasteiger partial charge < -0.3 is 19.1 Å². The zero-order valence-electron chi connectivity index (χ0n) is 16.7. The van der Waals surface area contributed by atoms with Crippen LogP contribution in [0.5, 0.6) is 0 Å². The molecule has 2 amide bonds. The highest BCUT2D eigenvalue weighted by atomic mass is 16.3. The second-order valence-electron chi connectivity index (χ2n) is 7.59. The summed E-state index contributed by atoms with van der Waals surface area (Å²) in [5.74, 6) is 0.424. The van der Waals surface area contributed by atoms with Crippen LogP contribution < -0.4 is 0 Å². The fourth-order valence-electron chi connectivity index (χ4n) is 3.54. The minimum Gasteiger partial charge on any atom is -0.459 e. The lowest BCUT2D eigenvalue weighted by Gasteiger charge is -2.34. The van der Waals surface area contributed by atoms with E-state index in [4.69, 9.17) is 4.42 Å². The molecule has 1 aliphatic heterocycles. The molecule has 150 valence electrons. The number of hydrogen-bond acceptors (Lipinski definition) is 4. The van der Waals surface area contributed by atoms with Crippen LogP contribution in [-0.4, -0.2) is 66.8 Å². The molecule has 28 heavy (non-hydrogen) atoms. The summed E-state index contributed by atoms with van der Waals surface area (Å²) in [5.41, 5.74) is 1.14. The number of benzene rings is 1. The van der Waals surface area contributed by atoms with Gasteiger partial charge in [0.1, 0.15) is 0 Å². The Bertz CT molecular complexity index is 751. The first-order valence-electron chi connectivity index (χ1n) is 9.85. The summed E-state index contributed by atoms with van der Waals surface area (Å²) < 4.78 is 5.21. The van der Waals surface area contributed by atoms with Crippen LogP contribution in [0.3, 0.4) is 0 Å². The highest BCUT2D eigenvalue weighted by Crippen LogP contribution is 2.22. The molecule has 6 heteroatoms. The molecule has 0 atom stereocenters. The molecule has 2 aromatic rings. The van der Waals surface area contributed by atoms with Gasteiger partial charge in [0.05, 0.1) is 6.26 Å². The fourth-order valence-corrected chi connectivity index (χ4v) is 3.54.